The summed E-state index contributed by atoms with van der Waals surface area (Å²) in [5.74, 6) is 0.552. The molecule has 0 aliphatic heterocycles. The monoisotopic (exact) mass is 418 g/mol. The van der Waals surface area contributed by atoms with Crippen molar-refractivity contribution in [2.75, 3.05) is 30.8 Å². The average Bonchev–Trinajstić information content (AvgIpc) is 3.07. The summed E-state index contributed by atoms with van der Waals surface area (Å²) in [7, 11) is 1.54. The Bertz CT molecular complexity index is 814. The lowest BCUT2D eigenvalue weighted by atomic mass is 10.2. The van der Waals surface area contributed by atoms with Gasteiger partial charge in [0.2, 0.25) is 0 Å². The van der Waals surface area contributed by atoms with Crippen molar-refractivity contribution in [3.63, 3.8) is 0 Å². The van der Waals surface area contributed by atoms with E-state index in [1.165, 1.54) is 11.3 Å². The molecule has 29 heavy (non-hydrogen) atoms. The number of hydrogen-bond donors (Lipinski definition) is 2. The third kappa shape index (κ3) is 6.45. The predicted molar refractivity (Wildman–Crippen MR) is 118 cm³/mol. The molecule has 2 rings (SSSR count). The van der Waals surface area contributed by atoms with Gasteiger partial charge in [-0.15, -0.1) is 0 Å². The van der Waals surface area contributed by atoms with Crippen LogP contribution in [0, 0.1) is 6.92 Å². The molecule has 0 unspecified atom stereocenters. The molecule has 2 aromatic rings. The molecule has 3 amide bonds. The Morgan fingerprint density at radius 2 is 1.76 bits per heavy atom. The Morgan fingerprint density at radius 1 is 1.10 bits per heavy atom. The van der Waals surface area contributed by atoms with Crippen LogP contribution in [-0.2, 0) is 0 Å². The third-order valence-electron chi connectivity index (χ3n) is 4.42. The molecular weight excluding hydrogens is 388 g/mol. The molecule has 8 heteroatoms. The molecule has 7 nitrogen and oxygen atoms in total. The number of methoxy groups -OCH3 is 1. The number of aromatic nitrogens is 1. The predicted octanol–water partition coefficient (Wildman–Crippen LogP) is 5.15. The van der Waals surface area contributed by atoms with Crippen molar-refractivity contribution in [1.82, 2.24) is 9.88 Å². The van der Waals surface area contributed by atoms with Crippen molar-refractivity contribution in [2.24, 2.45) is 0 Å². The quantitative estimate of drug-likeness (QED) is 0.559. The molecule has 158 valence electrons. The van der Waals surface area contributed by atoms with Gasteiger partial charge in [0.1, 0.15) is 10.6 Å². The van der Waals surface area contributed by atoms with Crippen LogP contribution in [0.5, 0.6) is 5.75 Å². The van der Waals surface area contributed by atoms with Crippen LogP contribution in [0.25, 0.3) is 0 Å². The van der Waals surface area contributed by atoms with E-state index in [4.69, 9.17) is 4.74 Å². The molecule has 0 fully saturated rings. The number of benzene rings is 1. The Kier molecular flexibility index (Phi) is 8.92. The number of nitrogens with one attached hydrogen (secondary N) is 2. The van der Waals surface area contributed by atoms with Crippen LogP contribution in [0.2, 0.25) is 0 Å². The van der Waals surface area contributed by atoms with E-state index in [1.807, 2.05) is 17.0 Å². The van der Waals surface area contributed by atoms with Crippen molar-refractivity contribution >= 4 is 34.1 Å². The van der Waals surface area contributed by atoms with Gasteiger partial charge < -0.3 is 15.0 Å². The van der Waals surface area contributed by atoms with Gasteiger partial charge in [0.15, 0.2) is 5.13 Å². The van der Waals surface area contributed by atoms with E-state index in [9.17, 15) is 9.59 Å². The molecule has 0 aliphatic carbocycles. The lowest BCUT2D eigenvalue weighted by Crippen LogP contribution is -2.32. The van der Waals surface area contributed by atoms with Gasteiger partial charge in [-0.3, -0.25) is 10.1 Å². The van der Waals surface area contributed by atoms with Gasteiger partial charge in [-0.25, -0.2) is 9.78 Å². The number of urea groups is 1. The molecular formula is C21H30N4O3S. The first-order chi connectivity index (χ1) is 14.0. The summed E-state index contributed by atoms with van der Waals surface area (Å²) in [6.07, 6.45) is 4.01. The summed E-state index contributed by atoms with van der Waals surface area (Å²) in [5, 5.41) is 5.85. The van der Waals surface area contributed by atoms with Gasteiger partial charge >= 0.3 is 6.03 Å². The highest BCUT2D eigenvalue weighted by molar-refractivity contribution is 7.17. The standard InChI is InChI=1S/C21H30N4O3S/c1-5-7-13-25(14-8-6-2)19(26)18-15(3)22-21(29-18)24-20(27)23-16-11-9-10-12-17(16)28-4/h9-12H,5-8,13-14H2,1-4H3,(H2,22,23,24,27). The summed E-state index contributed by atoms with van der Waals surface area (Å²) in [6.45, 7) is 7.50. The van der Waals surface area contributed by atoms with Crippen LogP contribution in [-0.4, -0.2) is 42.0 Å². The fourth-order valence-corrected chi connectivity index (χ4v) is 3.73. The number of rotatable bonds is 10. The molecule has 1 heterocycles. The third-order valence-corrected chi connectivity index (χ3v) is 5.48. The second kappa shape index (κ2) is 11.4. The minimum Gasteiger partial charge on any atom is -0.495 e. The molecule has 0 radical (unpaired) electrons. The zero-order valence-corrected chi connectivity index (χ0v) is 18.4. The Hall–Kier alpha value is -2.61. The van der Waals surface area contributed by atoms with Gasteiger partial charge in [0, 0.05) is 13.1 Å². The molecule has 2 N–H and O–H groups in total. The minimum absolute atomic E-state index is 0.0138. The largest absolute Gasteiger partial charge is 0.495 e. The number of amides is 3. The number of ether oxygens (including phenoxy) is 1. The number of anilines is 2. The molecule has 1 aromatic heterocycles. The number of aryl methyl sites for hydroxylation is 1. The summed E-state index contributed by atoms with van der Waals surface area (Å²) >= 11 is 1.21. The number of thiazole rings is 1. The van der Waals surface area contributed by atoms with Crippen molar-refractivity contribution in [3.05, 3.63) is 34.8 Å². The first-order valence-electron chi connectivity index (χ1n) is 9.97. The number of carbonyl (C=O) groups is 2. The summed E-state index contributed by atoms with van der Waals surface area (Å²) in [6, 6.07) is 6.72. The zero-order valence-electron chi connectivity index (χ0n) is 17.6. The highest BCUT2D eigenvalue weighted by atomic mass is 32.1. The zero-order chi connectivity index (χ0) is 21.2. The van der Waals surface area contributed by atoms with E-state index in [0.29, 0.717) is 27.1 Å². The van der Waals surface area contributed by atoms with Crippen molar-refractivity contribution < 1.29 is 14.3 Å². The maximum Gasteiger partial charge on any atom is 0.325 e. The van der Waals surface area contributed by atoms with E-state index < -0.39 is 6.03 Å². The van der Waals surface area contributed by atoms with Crippen LogP contribution in [0.15, 0.2) is 24.3 Å². The lowest BCUT2D eigenvalue weighted by Gasteiger charge is -2.21. The summed E-state index contributed by atoms with van der Waals surface area (Å²) in [4.78, 5) is 32.2. The molecule has 0 spiro atoms. The minimum atomic E-state index is -0.434. The molecule has 1 aromatic carbocycles. The second-order valence-electron chi connectivity index (χ2n) is 6.71. The van der Waals surface area contributed by atoms with Gasteiger partial charge in [-0.2, -0.15) is 0 Å². The fourth-order valence-electron chi connectivity index (χ4n) is 2.80. The number of para-hydroxylation sites is 2. The van der Waals surface area contributed by atoms with Crippen molar-refractivity contribution in [1.29, 1.82) is 0 Å². The Balaban J connectivity index is 2.08. The van der Waals surface area contributed by atoms with E-state index in [2.05, 4.69) is 29.5 Å². The van der Waals surface area contributed by atoms with E-state index in [-0.39, 0.29) is 5.91 Å². The van der Waals surface area contributed by atoms with E-state index in [1.54, 1.807) is 26.2 Å². The van der Waals surface area contributed by atoms with E-state index >= 15 is 0 Å². The maximum atomic E-state index is 13.0. The van der Waals surface area contributed by atoms with Gasteiger partial charge in [-0.05, 0) is 31.9 Å². The number of carbonyl (C=O) groups excluding carboxylic acids is 2. The number of unbranched alkanes of at least 4 members (excludes halogenated alkanes) is 2. The molecule has 0 saturated heterocycles. The van der Waals surface area contributed by atoms with Crippen molar-refractivity contribution in [2.45, 2.75) is 46.5 Å². The number of nitrogens with zero attached hydrogens (tertiary/aromatic N) is 2. The van der Waals surface area contributed by atoms with Crippen LogP contribution >= 0.6 is 11.3 Å². The van der Waals surface area contributed by atoms with Gasteiger partial charge in [0.05, 0.1) is 18.5 Å². The van der Waals surface area contributed by atoms with E-state index in [0.717, 1.165) is 38.8 Å². The molecule has 0 bridgehead atoms. The fraction of sp³-hybridized carbons (Fsp3) is 0.476. The molecule has 0 saturated carbocycles. The van der Waals surface area contributed by atoms with Crippen molar-refractivity contribution in [3.8, 4) is 5.75 Å². The topological polar surface area (TPSA) is 83.6 Å². The number of hydrogen-bond acceptors (Lipinski definition) is 5. The summed E-state index contributed by atoms with van der Waals surface area (Å²) < 4.78 is 5.24. The summed E-state index contributed by atoms with van der Waals surface area (Å²) in [5.41, 5.74) is 1.19. The first kappa shape index (κ1) is 22.7. The smallest absolute Gasteiger partial charge is 0.325 e. The normalized spacial score (nSPS) is 10.5. The Labute approximate surface area is 176 Å². The maximum absolute atomic E-state index is 13.0. The lowest BCUT2D eigenvalue weighted by molar-refractivity contribution is 0.0755. The highest BCUT2D eigenvalue weighted by Crippen LogP contribution is 2.26. The van der Waals surface area contributed by atoms with Gasteiger partial charge in [-0.1, -0.05) is 50.2 Å². The first-order valence-corrected chi connectivity index (χ1v) is 10.8. The van der Waals surface area contributed by atoms with Gasteiger partial charge in [0.25, 0.3) is 5.91 Å². The average molecular weight is 419 g/mol. The van der Waals surface area contributed by atoms with Crippen LogP contribution in [0.3, 0.4) is 0 Å². The Morgan fingerprint density at radius 3 is 2.38 bits per heavy atom. The molecule has 0 atom stereocenters. The highest BCUT2D eigenvalue weighted by Gasteiger charge is 2.22. The second-order valence-corrected chi connectivity index (χ2v) is 7.71. The van der Waals surface area contributed by atoms with Crippen LogP contribution in [0.1, 0.15) is 54.9 Å². The van der Waals surface area contributed by atoms with Crippen LogP contribution < -0.4 is 15.4 Å². The SMILES string of the molecule is CCCCN(CCCC)C(=O)c1sc(NC(=O)Nc2ccccc2OC)nc1C. The molecule has 0 aliphatic rings. The van der Waals surface area contributed by atoms with Crippen LogP contribution in [0.4, 0.5) is 15.6 Å².